The van der Waals surface area contributed by atoms with E-state index in [4.69, 9.17) is 17.3 Å². The zero-order chi connectivity index (χ0) is 14.5. The van der Waals surface area contributed by atoms with Crippen molar-refractivity contribution in [2.24, 2.45) is 5.73 Å². The first-order valence-corrected chi connectivity index (χ1v) is 7.54. The van der Waals surface area contributed by atoms with Gasteiger partial charge in [0.25, 0.3) is 0 Å². The van der Waals surface area contributed by atoms with Crippen molar-refractivity contribution in [2.45, 2.75) is 51.1 Å². The van der Waals surface area contributed by atoms with E-state index in [-0.39, 0.29) is 5.54 Å². The molecule has 2 N–H and O–H groups in total. The van der Waals surface area contributed by atoms with Crippen molar-refractivity contribution < 1.29 is 0 Å². The first-order chi connectivity index (χ1) is 8.95. The first-order valence-electron chi connectivity index (χ1n) is 7.17. The molecule has 2 unspecified atom stereocenters. The van der Waals surface area contributed by atoms with Crippen LogP contribution in [-0.2, 0) is 5.54 Å². The van der Waals surface area contributed by atoms with E-state index < -0.39 is 0 Å². The van der Waals surface area contributed by atoms with Gasteiger partial charge in [-0.1, -0.05) is 50.4 Å². The van der Waals surface area contributed by atoms with Crippen LogP contribution < -0.4 is 5.73 Å². The molecule has 0 aliphatic heterocycles. The van der Waals surface area contributed by atoms with Crippen LogP contribution in [0.15, 0.2) is 24.3 Å². The van der Waals surface area contributed by atoms with Crippen molar-refractivity contribution in [2.75, 3.05) is 14.1 Å². The van der Waals surface area contributed by atoms with Gasteiger partial charge < -0.3 is 10.6 Å². The maximum Gasteiger partial charge on any atom is 0.0566 e. The zero-order valence-corrected chi connectivity index (χ0v) is 13.4. The topological polar surface area (TPSA) is 29.3 Å². The normalized spacial score (nSPS) is 16.4. The lowest BCUT2D eigenvalue weighted by atomic mass is 9.77. The maximum atomic E-state index is 6.83. The molecule has 0 bridgehead atoms. The van der Waals surface area contributed by atoms with Crippen molar-refractivity contribution in [1.29, 1.82) is 0 Å². The number of rotatable bonds is 7. The Kier molecular flexibility index (Phi) is 6.31. The molecule has 0 saturated carbocycles. The number of hydrogen-bond donors (Lipinski definition) is 1. The van der Waals surface area contributed by atoms with Gasteiger partial charge in [0.1, 0.15) is 0 Å². The second-order valence-electron chi connectivity index (χ2n) is 5.57. The molecule has 0 fully saturated rings. The second-order valence-corrected chi connectivity index (χ2v) is 6.00. The molecule has 1 aromatic carbocycles. The molecule has 3 heteroatoms. The van der Waals surface area contributed by atoms with Crippen molar-refractivity contribution in [3.63, 3.8) is 0 Å². The van der Waals surface area contributed by atoms with E-state index in [1.807, 2.05) is 12.1 Å². The van der Waals surface area contributed by atoms with Crippen LogP contribution in [0.2, 0.25) is 5.02 Å². The molecule has 19 heavy (non-hydrogen) atoms. The Morgan fingerprint density at radius 1 is 1.16 bits per heavy atom. The minimum atomic E-state index is -0.307. The quantitative estimate of drug-likeness (QED) is 0.818. The third kappa shape index (κ3) is 3.95. The van der Waals surface area contributed by atoms with Crippen molar-refractivity contribution >= 4 is 11.6 Å². The van der Waals surface area contributed by atoms with Crippen LogP contribution in [0.1, 0.15) is 45.1 Å². The minimum absolute atomic E-state index is 0.307. The first kappa shape index (κ1) is 16.5. The Hall–Kier alpha value is -0.570. The predicted octanol–water partition coefficient (Wildman–Crippen LogP) is 4.02. The van der Waals surface area contributed by atoms with Crippen LogP contribution in [0.3, 0.4) is 0 Å². The second kappa shape index (κ2) is 7.28. The highest BCUT2D eigenvalue weighted by atomic mass is 35.5. The van der Waals surface area contributed by atoms with E-state index >= 15 is 0 Å². The van der Waals surface area contributed by atoms with E-state index in [9.17, 15) is 0 Å². The lowest BCUT2D eigenvalue weighted by Crippen LogP contribution is -2.54. The van der Waals surface area contributed by atoms with Gasteiger partial charge in [0.2, 0.25) is 0 Å². The molecule has 1 aromatic rings. The number of benzene rings is 1. The molecular formula is C16H27ClN2. The number of hydrogen-bond acceptors (Lipinski definition) is 2. The number of likely N-dealkylation sites (N-methyl/N-ethyl adjacent to an activating group) is 1. The summed E-state index contributed by atoms with van der Waals surface area (Å²) in [5.74, 6) is 0. The summed E-state index contributed by atoms with van der Waals surface area (Å²) in [6, 6.07) is 8.37. The lowest BCUT2D eigenvalue weighted by molar-refractivity contribution is 0.153. The molecule has 0 saturated heterocycles. The Morgan fingerprint density at radius 2 is 1.74 bits per heavy atom. The van der Waals surface area contributed by atoms with Gasteiger partial charge in [0.05, 0.1) is 5.54 Å². The van der Waals surface area contributed by atoms with E-state index in [1.165, 1.54) is 5.56 Å². The molecular weight excluding hydrogens is 256 g/mol. The van der Waals surface area contributed by atoms with E-state index in [0.29, 0.717) is 6.04 Å². The van der Waals surface area contributed by atoms with E-state index in [1.54, 1.807) is 0 Å². The fourth-order valence-corrected chi connectivity index (χ4v) is 3.05. The Balaban J connectivity index is 3.16. The Bertz CT molecular complexity index is 375. The highest BCUT2D eigenvalue weighted by molar-refractivity contribution is 6.30. The third-order valence-electron chi connectivity index (χ3n) is 3.83. The maximum absolute atomic E-state index is 6.83. The Labute approximate surface area is 122 Å². The summed E-state index contributed by atoms with van der Waals surface area (Å²) in [6.45, 7) is 4.40. The molecule has 1 rings (SSSR count). The summed E-state index contributed by atoms with van der Waals surface area (Å²) in [4.78, 5) is 2.26. The summed E-state index contributed by atoms with van der Waals surface area (Å²) in [7, 11) is 4.24. The molecule has 0 amide bonds. The lowest BCUT2D eigenvalue weighted by Gasteiger charge is -2.42. The summed E-state index contributed by atoms with van der Waals surface area (Å²) < 4.78 is 0. The predicted molar refractivity (Wildman–Crippen MR) is 84.6 cm³/mol. The fraction of sp³-hybridized carbons (Fsp3) is 0.625. The van der Waals surface area contributed by atoms with E-state index in [0.717, 1.165) is 30.7 Å². The minimum Gasteiger partial charge on any atom is -0.320 e. The third-order valence-corrected chi connectivity index (χ3v) is 4.08. The molecule has 0 aliphatic carbocycles. The van der Waals surface area contributed by atoms with Crippen molar-refractivity contribution in [3.05, 3.63) is 34.9 Å². The van der Waals surface area contributed by atoms with Gasteiger partial charge in [-0.05, 0) is 44.6 Å². The Morgan fingerprint density at radius 3 is 2.16 bits per heavy atom. The SMILES string of the molecule is CCCC(N(C)C)C(N)(CCC)c1ccc(Cl)cc1. The van der Waals surface area contributed by atoms with Crippen LogP contribution in [0, 0.1) is 0 Å². The largest absolute Gasteiger partial charge is 0.320 e. The average Bonchev–Trinajstić information content (AvgIpc) is 2.36. The number of nitrogens with zero attached hydrogens (tertiary/aromatic N) is 1. The van der Waals surface area contributed by atoms with E-state index in [2.05, 4.69) is 45.0 Å². The molecule has 0 heterocycles. The fourth-order valence-electron chi connectivity index (χ4n) is 2.93. The number of halogens is 1. The van der Waals surface area contributed by atoms with Crippen LogP contribution in [0.25, 0.3) is 0 Å². The van der Waals surface area contributed by atoms with Gasteiger partial charge in [-0.25, -0.2) is 0 Å². The molecule has 108 valence electrons. The summed E-state index contributed by atoms with van der Waals surface area (Å²) in [6.07, 6.45) is 4.30. The molecule has 0 spiro atoms. The van der Waals surface area contributed by atoms with Gasteiger partial charge in [0, 0.05) is 11.1 Å². The van der Waals surface area contributed by atoms with Crippen LogP contribution in [0.4, 0.5) is 0 Å². The van der Waals surface area contributed by atoms with Gasteiger partial charge in [0.15, 0.2) is 0 Å². The van der Waals surface area contributed by atoms with Crippen LogP contribution >= 0.6 is 11.6 Å². The smallest absolute Gasteiger partial charge is 0.0566 e. The van der Waals surface area contributed by atoms with Gasteiger partial charge >= 0.3 is 0 Å². The highest BCUT2D eigenvalue weighted by Gasteiger charge is 2.36. The van der Waals surface area contributed by atoms with Crippen molar-refractivity contribution in [1.82, 2.24) is 4.90 Å². The monoisotopic (exact) mass is 282 g/mol. The molecule has 2 atom stereocenters. The summed E-state index contributed by atoms with van der Waals surface area (Å²) in [5, 5.41) is 0.763. The standard InChI is InChI=1S/C16H27ClN2/c1-5-7-15(19(3)4)16(18,12-6-2)13-8-10-14(17)11-9-13/h8-11,15H,5-7,12,18H2,1-4H3. The zero-order valence-electron chi connectivity index (χ0n) is 12.6. The molecule has 0 radical (unpaired) electrons. The molecule has 0 aliphatic rings. The van der Waals surface area contributed by atoms with Crippen LogP contribution in [-0.4, -0.2) is 25.0 Å². The van der Waals surface area contributed by atoms with Gasteiger partial charge in [-0.2, -0.15) is 0 Å². The van der Waals surface area contributed by atoms with Gasteiger partial charge in [-0.3, -0.25) is 0 Å². The van der Waals surface area contributed by atoms with Crippen LogP contribution in [0.5, 0.6) is 0 Å². The molecule has 2 nitrogen and oxygen atoms in total. The summed E-state index contributed by atoms with van der Waals surface area (Å²) in [5.41, 5.74) is 7.71. The highest BCUT2D eigenvalue weighted by Crippen LogP contribution is 2.33. The van der Waals surface area contributed by atoms with Gasteiger partial charge in [-0.15, -0.1) is 0 Å². The molecule has 0 aromatic heterocycles. The number of nitrogens with two attached hydrogens (primary N) is 1. The average molecular weight is 283 g/mol. The van der Waals surface area contributed by atoms with Crippen molar-refractivity contribution in [3.8, 4) is 0 Å². The summed E-state index contributed by atoms with van der Waals surface area (Å²) >= 11 is 5.99.